The minimum atomic E-state index is -3.93. The van der Waals surface area contributed by atoms with Crippen LogP contribution >= 0.6 is 0 Å². The van der Waals surface area contributed by atoms with Crippen LogP contribution in [0.4, 0.5) is 9.59 Å². The second-order valence-corrected chi connectivity index (χ2v) is 17.5. The monoisotopic (exact) mass is 771 g/mol. The Morgan fingerprint density at radius 3 is 2.54 bits per heavy atom. The number of hydrogen-bond acceptors (Lipinski definition) is 11. The van der Waals surface area contributed by atoms with Crippen molar-refractivity contribution in [2.45, 2.75) is 101 Å². The van der Waals surface area contributed by atoms with E-state index in [2.05, 4.69) is 21.9 Å². The lowest BCUT2D eigenvalue weighted by Crippen LogP contribution is -2.60. The Morgan fingerprint density at radius 1 is 1.11 bits per heavy atom. The van der Waals surface area contributed by atoms with Gasteiger partial charge in [0.05, 0.1) is 32.1 Å². The summed E-state index contributed by atoms with van der Waals surface area (Å²) in [5, 5.41) is 4.73. The number of ether oxygens (including phenoxy) is 4. The van der Waals surface area contributed by atoms with Crippen LogP contribution in [0.25, 0.3) is 0 Å². The first-order valence-corrected chi connectivity index (χ1v) is 19.8. The number of nitrogens with one attached hydrogen (secondary N) is 3. The number of amides is 5. The number of rotatable bonds is 7. The fourth-order valence-corrected chi connectivity index (χ4v) is 8.50. The van der Waals surface area contributed by atoms with Gasteiger partial charge in [0.2, 0.25) is 21.8 Å². The number of nitrogens with zero attached hydrogens (tertiary/aromatic N) is 2. The molecular formula is C37H49N5O11S. The number of carbonyl (C=O) groups is 5. The molecular weight excluding hydrogens is 722 g/mol. The molecule has 54 heavy (non-hydrogen) atoms. The van der Waals surface area contributed by atoms with E-state index in [0.717, 1.165) is 11.1 Å². The number of methoxy groups -OCH3 is 1. The number of sulfonamides is 1. The van der Waals surface area contributed by atoms with E-state index in [9.17, 15) is 32.4 Å². The summed E-state index contributed by atoms with van der Waals surface area (Å²) in [4.78, 5) is 71.5. The smallest absolute Gasteiger partial charge is 0.410 e. The van der Waals surface area contributed by atoms with Crippen molar-refractivity contribution in [3.05, 3.63) is 48.1 Å². The molecule has 3 fully saturated rings. The molecule has 2 saturated carbocycles. The number of hydrogen-bond donors (Lipinski definition) is 3. The van der Waals surface area contributed by atoms with Crippen LogP contribution in [-0.2, 0) is 47.0 Å². The predicted octanol–water partition coefficient (Wildman–Crippen LogP) is 2.66. The molecule has 0 spiro atoms. The Bertz CT molecular complexity index is 1840. The van der Waals surface area contributed by atoms with Crippen molar-refractivity contribution >= 4 is 39.9 Å². The van der Waals surface area contributed by atoms with Gasteiger partial charge >= 0.3 is 12.2 Å². The maximum atomic E-state index is 14.4. The van der Waals surface area contributed by atoms with Gasteiger partial charge < -0.3 is 34.5 Å². The molecule has 4 bridgehead atoms. The summed E-state index contributed by atoms with van der Waals surface area (Å²) in [6, 6.07) is 1.22. The van der Waals surface area contributed by atoms with E-state index in [1.54, 1.807) is 26.8 Å². The first-order valence-electron chi connectivity index (χ1n) is 18.2. The third-order valence-corrected chi connectivity index (χ3v) is 12.3. The zero-order valence-corrected chi connectivity index (χ0v) is 31.9. The van der Waals surface area contributed by atoms with Crippen molar-refractivity contribution in [1.82, 2.24) is 25.2 Å². The molecule has 6 rings (SSSR count). The van der Waals surface area contributed by atoms with Gasteiger partial charge in [0.15, 0.2) is 11.5 Å². The highest BCUT2D eigenvalue weighted by Gasteiger charge is 2.62. The molecule has 294 valence electrons. The highest BCUT2D eigenvalue weighted by Crippen LogP contribution is 2.46. The minimum Gasteiger partial charge on any atom is -0.493 e. The Kier molecular flexibility index (Phi) is 10.9. The zero-order chi connectivity index (χ0) is 39.0. The molecule has 5 aliphatic rings. The van der Waals surface area contributed by atoms with Gasteiger partial charge in [-0.15, -0.1) is 6.58 Å². The van der Waals surface area contributed by atoms with Gasteiger partial charge in [-0.2, -0.15) is 0 Å². The average Bonchev–Trinajstić information content (AvgIpc) is 4.01. The fourth-order valence-electron chi connectivity index (χ4n) is 7.14. The van der Waals surface area contributed by atoms with Crippen molar-refractivity contribution in [2.75, 3.05) is 26.9 Å². The average molecular weight is 772 g/mol. The van der Waals surface area contributed by atoms with Gasteiger partial charge in [0.25, 0.3) is 5.91 Å². The highest BCUT2D eigenvalue weighted by atomic mass is 32.2. The van der Waals surface area contributed by atoms with E-state index in [1.807, 2.05) is 18.2 Å². The Labute approximate surface area is 315 Å². The van der Waals surface area contributed by atoms with Crippen LogP contribution in [0.2, 0.25) is 0 Å². The van der Waals surface area contributed by atoms with Crippen LogP contribution in [0.15, 0.2) is 36.9 Å². The SMILES string of the molecule is C=C[C@H]1C[C@@]1(NC(=O)C1C[C@@H]2CN1C(=O)[C@H](C(C)(C)C)NC(=O)OCCC/C=C/COc1c(OC)ccc3c1CN(C3)C(=O)O2)C(=O)NS(=O)(=O)C1CC1. The molecule has 16 nitrogen and oxygen atoms in total. The summed E-state index contributed by atoms with van der Waals surface area (Å²) in [7, 11) is -2.40. The summed E-state index contributed by atoms with van der Waals surface area (Å²) in [6.07, 6.45) is 4.72. The van der Waals surface area contributed by atoms with E-state index in [-0.39, 0.29) is 45.7 Å². The van der Waals surface area contributed by atoms with Crippen molar-refractivity contribution in [3.63, 3.8) is 0 Å². The molecule has 3 N–H and O–H groups in total. The molecule has 5 atom stereocenters. The normalized spacial score (nSPS) is 28.3. The standard InChI is InChI=1S/C37H49N5O11S/c1-6-23-18-37(23,33(45)40-54(48,49)25-12-13-25)39-31(43)27-17-24-20-42(27)32(44)30(36(2,3)4)38-34(46)52-16-10-8-7-9-15-51-29-26-21-41(35(47)53-24)19-22(26)11-14-28(29)50-5/h6-7,9,11,14,23-25,27,30H,1,8,10,12-13,15-21H2,2-5H3,(H,38,46)(H,39,43)(H,40,45)/b9-7+/t23-,24+,27?,30+,37-/m0/s1. The molecule has 3 heterocycles. The van der Waals surface area contributed by atoms with Crippen molar-refractivity contribution < 1.29 is 51.3 Å². The molecule has 3 aliphatic heterocycles. The first kappa shape index (κ1) is 38.9. The quantitative estimate of drug-likeness (QED) is 0.345. The summed E-state index contributed by atoms with van der Waals surface area (Å²) >= 11 is 0. The summed E-state index contributed by atoms with van der Waals surface area (Å²) in [5.74, 6) is -1.80. The first-order chi connectivity index (χ1) is 25.6. The van der Waals surface area contributed by atoms with E-state index in [0.29, 0.717) is 37.2 Å². The maximum absolute atomic E-state index is 14.4. The lowest BCUT2D eigenvalue weighted by atomic mass is 9.85. The van der Waals surface area contributed by atoms with Crippen LogP contribution in [0.5, 0.6) is 11.5 Å². The van der Waals surface area contributed by atoms with Crippen LogP contribution in [-0.4, -0.2) is 104 Å². The Morgan fingerprint density at radius 2 is 1.87 bits per heavy atom. The summed E-state index contributed by atoms with van der Waals surface area (Å²) in [6.45, 7) is 9.52. The van der Waals surface area contributed by atoms with E-state index >= 15 is 0 Å². The summed E-state index contributed by atoms with van der Waals surface area (Å²) < 4.78 is 50.5. The molecule has 17 heteroatoms. The van der Waals surface area contributed by atoms with Crippen molar-refractivity contribution in [3.8, 4) is 11.5 Å². The Hall–Kier alpha value is -4.80. The van der Waals surface area contributed by atoms with Crippen molar-refractivity contribution in [2.24, 2.45) is 11.3 Å². The van der Waals surface area contributed by atoms with Gasteiger partial charge in [-0.25, -0.2) is 18.0 Å². The lowest BCUT2D eigenvalue weighted by Gasteiger charge is -2.35. The zero-order valence-electron chi connectivity index (χ0n) is 31.1. The molecule has 0 radical (unpaired) electrons. The van der Waals surface area contributed by atoms with Gasteiger partial charge in [-0.1, -0.05) is 45.1 Å². The number of alkyl carbamates (subject to hydrolysis) is 1. The molecule has 0 aromatic heterocycles. The number of allylic oxidation sites excluding steroid dienone is 1. The third-order valence-electron chi connectivity index (χ3n) is 10.5. The van der Waals surface area contributed by atoms with E-state index < -0.39 is 80.2 Å². The number of carbonyl (C=O) groups excluding carboxylic acids is 5. The predicted molar refractivity (Wildman–Crippen MR) is 193 cm³/mol. The number of cyclic esters (lactones) is 1. The third kappa shape index (κ3) is 8.15. The van der Waals surface area contributed by atoms with Crippen LogP contribution < -0.4 is 24.8 Å². The largest absolute Gasteiger partial charge is 0.493 e. The number of benzene rings is 1. The molecule has 1 aromatic rings. The van der Waals surface area contributed by atoms with Gasteiger partial charge in [0.1, 0.15) is 30.3 Å². The van der Waals surface area contributed by atoms with Crippen molar-refractivity contribution in [1.29, 1.82) is 0 Å². The molecule has 1 aromatic carbocycles. The van der Waals surface area contributed by atoms with E-state index in [4.69, 9.17) is 18.9 Å². The maximum Gasteiger partial charge on any atom is 0.410 e. The van der Waals surface area contributed by atoms with Gasteiger partial charge in [-0.05, 0) is 49.1 Å². The van der Waals surface area contributed by atoms with Gasteiger partial charge in [-0.3, -0.25) is 24.0 Å². The van der Waals surface area contributed by atoms with Crippen LogP contribution in [0, 0.1) is 11.3 Å². The highest BCUT2D eigenvalue weighted by molar-refractivity contribution is 7.91. The summed E-state index contributed by atoms with van der Waals surface area (Å²) in [5.41, 5.74) is -0.836. The van der Waals surface area contributed by atoms with Crippen LogP contribution in [0.1, 0.15) is 70.4 Å². The Balaban J connectivity index is 1.28. The topological polar surface area (TPSA) is 199 Å². The second kappa shape index (κ2) is 15.1. The molecule has 1 saturated heterocycles. The van der Waals surface area contributed by atoms with Crippen LogP contribution in [0.3, 0.4) is 0 Å². The number of fused-ring (bicyclic) bond motifs is 3. The lowest BCUT2D eigenvalue weighted by molar-refractivity contribution is -0.142. The molecule has 5 amide bonds. The van der Waals surface area contributed by atoms with Gasteiger partial charge in [0, 0.05) is 24.4 Å². The minimum absolute atomic E-state index is 0.0792. The second-order valence-electron chi connectivity index (χ2n) is 15.5. The van der Waals surface area contributed by atoms with E-state index in [1.165, 1.54) is 23.0 Å². The molecule has 2 aliphatic carbocycles. The molecule has 1 unspecified atom stereocenters. The fraction of sp³-hybridized carbons (Fsp3) is 0.595.